The number of likely N-dealkylation sites (tertiary alicyclic amines) is 2. The zero-order valence-corrected chi connectivity index (χ0v) is 14.6. The van der Waals surface area contributed by atoms with Gasteiger partial charge in [0.15, 0.2) is 0 Å². The summed E-state index contributed by atoms with van der Waals surface area (Å²) in [7, 11) is 0. The predicted octanol–water partition coefficient (Wildman–Crippen LogP) is 2.39. The maximum absolute atomic E-state index is 12.7. The first-order chi connectivity index (χ1) is 10.6. The SMILES string of the molecule is Cl.O=C(O)C1CCN(CC(=O)N2CCCC3CCCCC32)CC1. The molecule has 0 bridgehead atoms. The Morgan fingerprint density at radius 2 is 1.57 bits per heavy atom. The van der Waals surface area contributed by atoms with Gasteiger partial charge < -0.3 is 10.0 Å². The summed E-state index contributed by atoms with van der Waals surface area (Å²) in [6.45, 7) is 2.89. The molecule has 0 spiro atoms. The lowest BCUT2D eigenvalue weighted by Crippen LogP contribution is -2.53. The van der Waals surface area contributed by atoms with E-state index in [1.165, 1.54) is 32.1 Å². The molecule has 5 nitrogen and oxygen atoms in total. The molecule has 1 aliphatic carbocycles. The van der Waals surface area contributed by atoms with E-state index in [0.717, 1.165) is 32.0 Å². The fourth-order valence-electron chi connectivity index (χ4n) is 4.55. The number of carbonyl (C=O) groups is 2. The molecule has 3 fully saturated rings. The van der Waals surface area contributed by atoms with Crippen molar-refractivity contribution in [1.29, 1.82) is 0 Å². The molecule has 0 aromatic heterocycles. The van der Waals surface area contributed by atoms with Crippen LogP contribution in [0.4, 0.5) is 0 Å². The lowest BCUT2D eigenvalue weighted by atomic mass is 9.78. The second kappa shape index (κ2) is 8.34. The van der Waals surface area contributed by atoms with Crippen molar-refractivity contribution >= 4 is 24.3 Å². The van der Waals surface area contributed by atoms with E-state index < -0.39 is 5.97 Å². The minimum absolute atomic E-state index is 0. The molecule has 3 rings (SSSR count). The predicted molar refractivity (Wildman–Crippen MR) is 90.7 cm³/mol. The van der Waals surface area contributed by atoms with Gasteiger partial charge in [0.1, 0.15) is 0 Å². The normalized spacial score (nSPS) is 29.5. The number of halogens is 1. The average molecular weight is 345 g/mol. The van der Waals surface area contributed by atoms with Crippen LogP contribution in [0.5, 0.6) is 0 Å². The van der Waals surface area contributed by atoms with Gasteiger partial charge in [0.2, 0.25) is 5.91 Å². The molecular weight excluding hydrogens is 316 g/mol. The average Bonchev–Trinajstić information content (AvgIpc) is 2.54. The molecule has 1 saturated carbocycles. The third kappa shape index (κ3) is 4.38. The Morgan fingerprint density at radius 1 is 0.913 bits per heavy atom. The van der Waals surface area contributed by atoms with Crippen molar-refractivity contribution in [2.24, 2.45) is 11.8 Å². The van der Waals surface area contributed by atoms with Crippen LogP contribution in [0.15, 0.2) is 0 Å². The van der Waals surface area contributed by atoms with Crippen molar-refractivity contribution in [2.45, 2.75) is 57.4 Å². The number of carboxylic acids is 1. The summed E-state index contributed by atoms with van der Waals surface area (Å²) in [6, 6.07) is 0.478. The molecule has 2 heterocycles. The second-order valence-electron chi connectivity index (χ2n) is 7.23. The van der Waals surface area contributed by atoms with Crippen LogP contribution >= 0.6 is 12.4 Å². The van der Waals surface area contributed by atoms with E-state index in [0.29, 0.717) is 25.4 Å². The number of amides is 1. The number of hydrogen-bond donors (Lipinski definition) is 1. The summed E-state index contributed by atoms with van der Waals surface area (Å²) in [5.41, 5.74) is 0. The smallest absolute Gasteiger partial charge is 0.306 e. The summed E-state index contributed by atoms with van der Waals surface area (Å²) in [6.07, 6.45) is 8.84. The maximum Gasteiger partial charge on any atom is 0.306 e. The Kier molecular flexibility index (Phi) is 6.72. The molecule has 0 aromatic rings. The molecule has 2 aliphatic heterocycles. The van der Waals surface area contributed by atoms with Gasteiger partial charge in [0, 0.05) is 12.6 Å². The van der Waals surface area contributed by atoms with Gasteiger partial charge in [-0.25, -0.2) is 0 Å². The standard InChI is InChI=1S/C17H28N2O3.ClH/c20-16(12-18-10-7-14(8-11-18)17(21)22)19-9-3-5-13-4-1-2-6-15(13)19;/h13-15H,1-12H2,(H,21,22);1H. The van der Waals surface area contributed by atoms with Crippen molar-refractivity contribution in [3.05, 3.63) is 0 Å². The number of nitrogens with zero attached hydrogens (tertiary/aromatic N) is 2. The number of rotatable bonds is 3. The summed E-state index contributed by atoms with van der Waals surface area (Å²) in [4.78, 5) is 28.0. The number of hydrogen-bond acceptors (Lipinski definition) is 3. The summed E-state index contributed by atoms with van der Waals surface area (Å²) >= 11 is 0. The number of carboxylic acid groups (broad SMARTS) is 1. The summed E-state index contributed by atoms with van der Waals surface area (Å²) in [5.74, 6) is 0.0886. The first-order valence-corrected chi connectivity index (χ1v) is 8.90. The molecule has 23 heavy (non-hydrogen) atoms. The van der Waals surface area contributed by atoms with E-state index in [1.54, 1.807) is 0 Å². The minimum atomic E-state index is -0.688. The largest absolute Gasteiger partial charge is 0.481 e. The van der Waals surface area contributed by atoms with Crippen molar-refractivity contribution < 1.29 is 14.7 Å². The zero-order chi connectivity index (χ0) is 15.5. The van der Waals surface area contributed by atoms with Gasteiger partial charge in [-0.15, -0.1) is 12.4 Å². The Bertz CT molecular complexity index is 422. The molecule has 132 valence electrons. The molecule has 6 heteroatoms. The molecule has 1 N–H and O–H groups in total. The lowest BCUT2D eigenvalue weighted by Gasteiger charge is -2.45. The highest BCUT2D eigenvalue weighted by Gasteiger charge is 2.36. The van der Waals surface area contributed by atoms with Crippen LogP contribution in [0.3, 0.4) is 0 Å². The van der Waals surface area contributed by atoms with E-state index in [9.17, 15) is 9.59 Å². The first-order valence-electron chi connectivity index (χ1n) is 8.90. The van der Waals surface area contributed by atoms with E-state index >= 15 is 0 Å². The second-order valence-corrected chi connectivity index (χ2v) is 7.23. The first kappa shape index (κ1) is 18.5. The number of fused-ring (bicyclic) bond motifs is 1. The van der Waals surface area contributed by atoms with E-state index in [1.807, 2.05) is 0 Å². The Morgan fingerprint density at radius 3 is 2.26 bits per heavy atom. The number of aliphatic carboxylic acids is 1. The molecule has 3 aliphatic rings. The zero-order valence-electron chi connectivity index (χ0n) is 13.8. The van der Waals surface area contributed by atoms with Crippen LogP contribution in [0.2, 0.25) is 0 Å². The molecule has 0 aromatic carbocycles. The Balaban J connectivity index is 0.00000192. The van der Waals surface area contributed by atoms with Gasteiger partial charge in [-0.05, 0) is 57.5 Å². The number of carbonyl (C=O) groups excluding carboxylic acids is 1. The minimum Gasteiger partial charge on any atom is -0.481 e. The molecule has 2 saturated heterocycles. The highest BCUT2D eigenvalue weighted by Crippen LogP contribution is 2.35. The molecule has 2 unspecified atom stereocenters. The van der Waals surface area contributed by atoms with Crippen LogP contribution in [-0.2, 0) is 9.59 Å². The highest BCUT2D eigenvalue weighted by atomic mass is 35.5. The maximum atomic E-state index is 12.7. The van der Waals surface area contributed by atoms with Crippen molar-refractivity contribution in [1.82, 2.24) is 9.80 Å². The quantitative estimate of drug-likeness (QED) is 0.854. The van der Waals surface area contributed by atoms with Gasteiger partial charge in [-0.1, -0.05) is 12.8 Å². The van der Waals surface area contributed by atoms with E-state index in [2.05, 4.69) is 9.80 Å². The number of piperidine rings is 2. The van der Waals surface area contributed by atoms with Crippen molar-refractivity contribution in [3.63, 3.8) is 0 Å². The van der Waals surface area contributed by atoms with Gasteiger partial charge in [0.25, 0.3) is 0 Å². The van der Waals surface area contributed by atoms with Crippen molar-refractivity contribution in [3.8, 4) is 0 Å². The van der Waals surface area contributed by atoms with Crippen LogP contribution in [-0.4, -0.2) is 59.0 Å². The van der Waals surface area contributed by atoms with Gasteiger partial charge >= 0.3 is 5.97 Å². The van der Waals surface area contributed by atoms with Crippen LogP contribution in [0, 0.1) is 11.8 Å². The van der Waals surface area contributed by atoms with E-state index in [-0.39, 0.29) is 24.2 Å². The van der Waals surface area contributed by atoms with Gasteiger partial charge in [-0.3, -0.25) is 14.5 Å². The summed E-state index contributed by atoms with van der Waals surface area (Å²) < 4.78 is 0. The fraction of sp³-hybridized carbons (Fsp3) is 0.882. The van der Waals surface area contributed by atoms with E-state index in [4.69, 9.17) is 5.11 Å². The highest BCUT2D eigenvalue weighted by molar-refractivity contribution is 5.85. The third-order valence-electron chi connectivity index (χ3n) is 5.86. The topological polar surface area (TPSA) is 60.9 Å². The van der Waals surface area contributed by atoms with Crippen LogP contribution in [0.1, 0.15) is 51.4 Å². The molecule has 2 atom stereocenters. The van der Waals surface area contributed by atoms with Gasteiger partial charge in [-0.2, -0.15) is 0 Å². The van der Waals surface area contributed by atoms with Crippen LogP contribution < -0.4 is 0 Å². The molecule has 0 radical (unpaired) electrons. The van der Waals surface area contributed by atoms with Crippen molar-refractivity contribution in [2.75, 3.05) is 26.2 Å². The monoisotopic (exact) mass is 344 g/mol. The Hall–Kier alpha value is -0.810. The molecule has 1 amide bonds. The third-order valence-corrected chi connectivity index (χ3v) is 5.86. The van der Waals surface area contributed by atoms with Gasteiger partial charge in [0.05, 0.1) is 12.5 Å². The Labute approximate surface area is 144 Å². The van der Waals surface area contributed by atoms with Crippen LogP contribution in [0.25, 0.3) is 0 Å². The fourth-order valence-corrected chi connectivity index (χ4v) is 4.55. The molecular formula is C17H29ClN2O3. The lowest BCUT2D eigenvalue weighted by molar-refractivity contribution is -0.143. The summed E-state index contributed by atoms with van der Waals surface area (Å²) in [5, 5.41) is 9.05.